The lowest BCUT2D eigenvalue weighted by molar-refractivity contribution is 0.972. The number of nitrogens with zero attached hydrogens (tertiary/aromatic N) is 2. The molecule has 0 amide bonds. The number of nitrogens with one attached hydrogen (secondary N) is 1. The molecule has 0 aliphatic rings. The predicted molar refractivity (Wildman–Crippen MR) is 56.1 cm³/mol. The van der Waals surface area contributed by atoms with E-state index in [2.05, 4.69) is 15.2 Å². The first-order valence-electron chi connectivity index (χ1n) is 4.15. The third kappa shape index (κ3) is 1.72. The molecular formula is C9H10N4S. The third-order valence-electron chi connectivity index (χ3n) is 1.83. The molecule has 1 heterocycles. The maximum Gasteiger partial charge on any atom is 0.188 e. The largest absolute Gasteiger partial charge is 0.398 e. The first kappa shape index (κ1) is 9.08. The molecule has 0 saturated carbocycles. The van der Waals surface area contributed by atoms with E-state index in [9.17, 15) is 0 Å². The number of benzene rings is 1. The molecule has 3 N–H and O–H groups in total. The Labute approximate surface area is 85.9 Å². The maximum atomic E-state index is 5.86. The smallest absolute Gasteiger partial charge is 0.188 e. The first-order valence-corrected chi connectivity index (χ1v) is 4.97. The van der Waals surface area contributed by atoms with E-state index in [1.807, 2.05) is 25.1 Å². The van der Waals surface area contributed by atoms with Crippen LogP contribution in [0.25, 0.3) is 0 Å². The van der Waals surface area contributed by atoms with Crippen molar-refractivity contribution in [3.05, 3.63) is 30.1 Å². The lowest BCUT2D eigenvalue weighted by atomic mass is 10.2. The topological polar surface area (TPSA) is 67.6 Å². The molecule has 14 heavy (non-hydrogen) atoms. The Morgan fingerprint density at radius 1 is 1.43 bits per heavy atom. The molecule has 0 spiro atoms. The summed E-state index contributed by atoms with van der Waals surface area (Å²) < 4.78 is 0. The summed E-state index contributed by atoms with van der Waals surface area (Å²) in [4.78, 5) is 5.07. The first-order chi connectivity index (χ1) is 6.77. The molecule has 0 saturated heterocycles. The van der Waals surface area contributed by atoms with Crippen LogP contribution in [0.2, 0.25) is 0 Å². The maximum absolute atomic E-state index is 5.86. The number of aromatic nitrogens is 3. The van der Waals surface area contributed by atoms with Crippen LogP contribution in [-0.2, 0) is 0 Å². The SMILES string of the molecule is Cc1cccc(N)c1Sc1ncn[nH]1. The van der Waals surface area contributed by atoms with E-state index < -0.39 is 0 Å². The summed E-state index contributed by atoms with van der Waals surface area (Å²) in [5, 5.41) is 7.32. The number of rotatable bonds is 2. The van der Waals surface area contributed by atoms with Gasteiger partial charge in [-0.05, 0) is 30.3 Å². The highest BCUT2D eigenvalue weighted by Crippen LogP contribution is 2.31. The van der Waals surface area contributed by atoms with Crippen LogP contribution < -0.4 is 5.73 Å². The van der Waals surface area contributed by atoms with Crippen molar-refractivity contribution in [2.24, 2.45) is 0 Å². The van der Waals surface area contributed by atoms with Crippen LogP contribution in [0.5, 0.6) is 0 Å². The van der Waals surface area contributed by atoms with E-state index in [4.69, 9.17) is 5.73 Å². The second kappa shape index (κ2) is 3.71. The average Bonchev–Trinajstić information content (AvgIpc) is 2.64. The minimum absolute atomic E-state index is 0.756. The van der Waals surface area contributed by atoms with Gasteiger partial charge in [-0.15, -0.1) is 0 Å². The Bertz CT molecular complexity index is 404. The quantitative estimate of drug-likeness (QED) is 0.736. The van der Waals surface area contributed by atoms with Gasteiger partial charge >= 0.3 is 0 Å². The highest BCUT2D eigenvalue weighted by molar-refractivity contribution is 7.99. The average molecular weight is 206 g/mol. The second-order valence-corrected chi connectivity index (χ2v) is 3.89. The fraction of sp³-hybridized carbons (Fsp3) is 0.111. The minimum Gasteiger partial charge on any atom is -0.398 e. The molecule has 4 nitrogen and oxygen atoms in total. The molecule has 0 aliphatic carbocycles. The predicted octanol–water partition coefficient (Wildman–Crippen LogP) is 1.85. The van der Waals surface area contributed by atoms with Gasteiger partial charge in [0.2, 0.25) is 0 Å². The van der Waals surface area contributed by atoms with E-state index in [0.29, 0.717) is 0 Å². The van der Waals surface area contributed by atoms with E-state index in [1.54, 1.807) is 0 Å². The number of aromatic amines is 1. The zero-order valence-electron chi connectivity index (χ0n) is 7.69. The molecule has 2 aromatic rings. The van der Waals surface area contributed by atoms with E-state index in [0.717, 1.165) is 21.3 Å². The van der Waals surface area contributed by atoms with Crippen molar-refractivity contribution in [2.45, 2.75) is 17.0 Å². The van der Waals surface area contributed by atoms with Gasteiger partial charge in [0.1, 0.15) is 6.33 Å². The molecule has 0 bridgehead atoms. The van der Waals surface area contributed by atoms with E-state index >= 15 is 0 Å². The van der Waals surface area contributed by atoms with Crippen molar-refractivity contribution < 1.29 is 0 Å². The van der Waals surface area contributed by atoms with Gasteiger partial charge in [-0.2, -0.15) is 5.10 Å². The van der Waals surface area contributed by atoms with Crippen LogP contribution in [0.15, 0.2) is 34.6 Å². The summed E-state index contributed by atoms with van der Waals surface area (Å²) in [7, 11) is 0. The van der Waals surface area contributed by atoms with Crippen molar-refractivity contribution in [2.75, 3.05) is 5.73 Å². The highest BCUT2D eigenvalue weighted by atomic mass is 32.2. The van der Waals surface area contributed by atoms with Crippen molar-refractivity contribution in [1.82, 2.24) is 15.2 Å². The molecule has 0 aliphatic heterocycles. The third-order valence-corrected chi connectivity index (χ3v) is 2.99. The van der Waals surface area contributed by atoms with E-state index in [-0.39, 0.29) is 0 Å². The van der Waals surface area contributed by atoms with Gasteiger partial charge in [0.15, 0.2) is 5.16 Å². The molecule has 5 heteroatoms. The van der Waals surface area contributed by atoms with Crippen molar-refractivity contribution in [1.29, 1.82) is 0 Å². The summed E-state index contributed by atoms with van der Waals surface area (Å²) >= 11 is 1.49. The Kier molecular flexibility index (Phi) is 2.41. The lowest BCUT2D eigenvalue weighted by Crippen LogP contribution is -1.91. The van der Waals surface area contributed by atoms with Crippen LogP contribution in [0.4, 0.5) is 5.69 Å². The van der Waals surface area contributed by atoms with Crippen LogP contribution >= 0.6 is 11.8 Å². The Balaban J connectivity index is 2.33. The summed E-state index contributed by atoms with van der Waals surface area (Å²) in [5.41, 5.74) is 7.77. The molecule has 0 atom stereocenters. The number of hydrogen-bond acceptors (Lipinski definition) is 4. The van der Waals surface area contributed by atoms with Crippen LogP contribution in [0.1, 0.15) is 5.56 Å². The number of H-pyrrole nitrogens is 1. The van der Waals surface area contributed by atoms with E-state index in [1.165, 1.54) is 18.1 Å². The Morgan fingerprint density at radius 2 is 2.29 bits per heavy atom. The standard InChI is InChI=1S/C9H10N4S/c1-6-3-2-4-7(10)8(6)14-9-11-5-12-13-9/h2-5H,10H2,1H3,(H,11,12,13). The van der Waals surface area contributed by atoms with Crippen LogP contribution in [-0.4, -0.2) is 15.2 Å². The summed E-state index contributed by atoms with van der Waals surface area (Å²) in [6, 6.07) is 5.84. The van der Waals surface area contributed by atoms with Crippen molar-refractivity contribution in [3.8, 4) is 0 Å². The summed E-state index contributed by atoms with van der Waals surface area (Å²) in [5.74, 6) is 0. The summed E-state index contributed by atoms with van der Waals surface area (Å²) in [6.07, 6.45) is 1.48. The number of anilines is 1. The lowest BCUT2D eigenvalue weighted by Gasteiger charge is -2.05. The number of nitrogen functional groups attached to an aromatic ring is 1. The Morgan fingerprint density at radius 3 is 2.93 bits per heavy atom. The van der Waals surface area contributed by atoms with Crippen molar-refractivity contribution >= 4 is 17.4 Å². The fourth-order valence-corrected chi connectivity index (χ4v) is 1.96. The summed E-state index contributed by atoms with van der Waals surface area (Å²) in [6.45, 7) is 2.02. The van der Waals surface area contributed by atoms with Crippen LogP contribution in [0.3, 0.4) is 0 Å². The van der Waals surface area contributed by atoms with Gasteiger partial charge in [0.05, 0.1) is 0 Å². The molecule has 0 fully saturated rings. The molecule has 0 unspecified atom stereocenters. The van der Waals surface area contributed by atoms with Gasteiger partial charge < -0.3 is 5.73 Å². The Hall–Kier alpha value is -1.49. The van der Waals surface area contributed by atoms with Gasteiger partial charge in [0, 0.05) is 10.6 Å². The fourth-order valence-electron chi connectivity index (χ4n) is 1.15. The highest BCUT2D eigenvalue weighted by Gasteiger charge is 2.06. The number of nitrogens with two attached hydrogens (primary N) is 1. The molecular weight excluding hydrogens is 196 g/mol. The minimum atomic E-state index is 0.756. The van der Waals surface area contributed by atoms with Gasteiger partial charge in [-0.3, -0.25) is 5.10 Å². The second-order valence-electron chi connectivity index (χ2n) is 2.89. The zero-order valence-corrected chi connectivity index (χ0v) is 8.51. The zero-order chi connectivity index (χ0) is 9.97. The monoisotopic (exact) mass is 206 g/mol. The molecule has 0 radical (unpaired) electrons. The molecule has 2 rings (SSSR count). The normalized spacial score (nSPS) is 10.4. The van der Waals surface area contributed by atoms with Gasteiger partial charge in [0.25, 0.3) is 0 Å². The number of hydrogen-bond donors (Lipinski definition) is 2. The molecule has 72 valence electrons. The molecule has 1 aromatic carbocycles. The van der Waals surface area contributed by atoms with Crippen LogP contribution in [0, 0.1) is 6.92 Å². The number of aryl methyl sites for hydroxylation is 1. The molecule has 1 aromatic heterocycles. The van der Waals surface area contributed by atoms with Gasteiger partial charge in [-0.25, -0.2) is 4.98 Å². The van der Waals surface area contributed by atoms with Crippen molar-refractivity contribution in [3.63, 3.8) is 0 Å². The van der Waals surface area contributed by atoms with Gasteiger partial charge in [-0.1, -0.05) is 12.1 Å².